The molecule has 74 valence electrons. The standard InChI is InChI=1S/C9H15ClN2O/c1-7(10)6-12-9(13)8-4-2-3-5-11-8/h8,11H,1-6H2,(H,12,13)/t8-/m0/s1. The van der Waals surface area contributed by atoms with Gasteiger partial charge in [0.05, 0.1) is 12.6 Å². The van der Waals surface area contributed by atoms with E-state index in [9.17, 15) is 4.79 Å². The first kappa shape index (κ1) is 10.5. The van der Waals surface area contributed by atoms with Crippen molar-refractivity contribution in [1.29, 1.82) is 0 Å². The highest BCUT2D eigenvalue weighted by Gasteiger charge is 2.19. The second-order valence-corrected chi connectivity index (χ2v) is 3.77. The van der Waals surface area contributed by atoms with E-state index < -0.39 is 0 Å². The summed E-state index contributed by atoms with van der Waals surface area (Å²) in [7, 11) is 0. The van der Waals surface area contributed by atoms with Crippen molar-refractivity contribution in [3.05, 3.63) is 11.6 Å². The van der Waals surface area contributed by atoms with Crippen molar-refractivity contribution in [2.24, 2.45) is 0 Å². The first-order chi connectivity index (χ1) is 6.20. The third-order valence-corrected chi connectivity index (χ3v) is 2.21. The van der Waals surface area contributed by atoms with Gasteiger partial charge in [-0.05, 0) is 19.4 Å². The molecule has 0 bridgehead atoms. The second-order valence-electron chi connectivity index (χ2n) is 3.24. The molecular formula is C9H15ClN2O. The topological polar surface area (TPSA) is 41.1 Å². The third-order valence-electron chi connectivity index (χ3n) is 2.08. The summed E-state index contributed by atoms with van der Waals surface area (Å²) in [5.41, 5.74) is 0. The van der Waals surface area contributed by atoms with Crippen LogP contribution in [0, 0.1) is 0 Å². The maximum atomic E-state index is 11.4. The van der Waals surface area contributed by atoms with Gasteiger partial charge in [0, 0.05) is 5.03 Å². The van der Waals surface area contributed by atoms with Gasteiger partial charge in [0.2, 0.25) is 5.91 Å². The number of amides is 1. The third kappa shape index (κ3) is 3.79. The summed E-state index contributed by atoms with van der Waals surface area (Å²) in [5, 5.41) is 6.34. The summed E-state index contributed by atoms with van der Waals surface area (Å²) < 4.78 is 0. The van der Waals surface area contributed by atoms with Crippen LogP contribution in [-0.4, -0.2) is 25.0 Å². The molecule has 1 heterocycles. The lowest BCUT2D eigenvalue weighted by Gasteiger charge is -2.22. The molecule has 1 amide bonds. The highest BCUT2D eigenvalue weighted by atomic mass is 35.5. The molecule has 1 aliphatic heterocycles. The molecule has 0 aromatic heterocycles. The van der Waals surface area contributed by atoms with Crippen molar-refractivity contribution in [2.45, 2.75) is 25.3 Å². The van der Waals surface area contributed by atoms with Crippen molar-refractivity contribution in [3.63, 3.8) is 0 Å². The maximum absolute atomic E-state index is 11.4. The zero-order valence-electron chi connectivity index (χ0n) is 7.61. The highest BCUT2D eigenvalue weighted by molar-refractivity contribution is 6.29. The molecule has 1 rings (SSSR count). The van der Waals surface area contributed by atoms with Crippen LogP contribution in [-0.2, 0) is 4.79 Å². The SMILES string of the molecule is C=C(Cl)CNC(=O)[C@@H]1CCCCN1. The van der Waals surface area contributed by atoms with Gasteiger partial charge in [-0.25, -0.2) is 0 Å². The van der Waals surface area contributed by atoms with E-state index >= 15 is 0 Å². The van der Waals surface area contributed by atoms with E-state index in [0.717, 1.165) is 25.8 Å². The van der Waals surface area contributed by atoms with E-state index in [-0.39, 0.29) is 11.9 Å². The number of carbonyl (C=O) groups excluding carboxylic acids is 1. The summed E-state index contributed by atoms with van der Waals surface area (Å²) in [6.45, 7) is 4.79. The minimum Gasteiger partial charge on any atom is -0.350 e. The first-order valence-corrected chi connectivity index (χ1v) is 4.92. The molecule has 0 aromatic rings. The van der Waals surface area contributed by atoms with Gasteiger partial charge in [-0.15, -0.1) is 0 Å². The predicted octanol–water partition coefficient (Wildman–Crippen LogP) is 0.997. The quantitative estimate of drug-likeness (QED) is 0.717. The molecule has 0 aliphatic carbocycles. The number of piperidine rings is 1. The van der Waals surface area contributed by atoms with E-state index in [0.29, 0.717) is 11.6 Å². The average Bonchev–Trinajstić information content (AvgIpc) is 2.15. The van der Waals surface area contributed by atoms with Crippen LogP contribution in [0.25, 0.3) is 0 Å². The number of nitrogens with one attached hydrogen (secondary N) is 2. The normalized spacial score (nSPS) is 22.4. The molecule has 0 spiro atoms. The molecule has 1 saturated heterocycles. The molecule has 0 aromatic carbocycles. The molecule has 0 unspecified atom stereocenters. The molecule has 1 aliphatic rings. The van der Waals surface area contributed by atoms with E-state index in [1.807, 2.05) is 0 Å². The van der Waals surface area contributed by atoms with Gasteiger partial charge in [-0.1, -0.05) is 24.6 Å². The summed E-state index contributed by atoms with van der Waals surface area (Å²) in [6.07, 6.45) is 3.19. The summed E-state index contributed by atoms with van der Waals surface area (Å²) in [6, 6.07) is -0.0373. The fourth-order valence-corrected chi connectivity index (χ4v) is 1.45. The van der Waals surface area contributed by atoms with Crippen LogP contribution in [0.1, 0.15) is 19.3 Å². The van der Waals surface area contributed by atoms with Gasteiger partial charge in [-0.2, -0.15) is 0 Å². The molecule has 13 heavy (non-hydrogen) atoms. The predicted molar refractivity (Wildman–Crippen MR) is 53.6 cm³/mol. The molecule has 1 atom stereocenters. The molecule has 0 radical (unpaired) electrons. The van der Waals surface area contributed by atoms with E-state index in [1.165, 1.54) is 0 Å². The summed E-state index contributed by atoms with van der Waals surface area (Å²) >= 11 is 5.53. The van der Waals surface area contributed by atoms with Crippen LogP contribution >= 0.6 is 11.6 Å². The molecule has 0 saturated carbocycles. The van der Waals surface area contributed by atoms with Crippen LogP contribution in [0.2, 0.25) is 0 Å². The van der Waals surface area contributed by atoms with E-state index in [4.69, 9.17) is 11.6 Å². The van der Waals surface area contributed by atoms with Gasteiger partial charge in [-0.3, -0.25) is 4.79 Å². The largest absolute Gasteiger partial charge is 0.350 e. The maximum Gasteiger partial charge on any atom is 0.237 e. The molecule has 4 heteroatoms. The molecular weight excluding hydrogens is 188 g/mol. The Morgan fingerprint density at radius 3 is 2.92 bits per heavy atom. The summed E-state index contributed by atoms with van der Waals surface area (Å²) in [4.78, 5) is 11.4. The van der Waals surface area contributed by atoms with E-state index in [2.05, 4.69) is 17.2 Å². The lowest BCUT2D eigenvalue weighted by molar-refractivity contribution is -0.123. The number of halogens is 1. The zero-order valence-corrected chi connectivity index (χ0v) is 8.36. The van der Waals surface area contributed by atoms with Crippen molar-refractivity contribution in [3.8, 4) is 0 Å². The fourth-order valence-electron chi connectivity index (χ4n) is 1.38. The van der Waals surface area contributed by atoms with Crippen LogP contribution in [0.5, 0.6) is 0 Å². The van der Waals surface area contributed by atoms with Crippen LogP contribution in [0.3, 0.4) is 0 Å². The lowest BCUT2D eigenvalue weighted by Crippen LogP contribution is -2.46. The van der Waals surface area contributed by atoms with Gasteiger partial charge in [0.15, 0.2) is 0 Å². The van der Waals surface area contributed by atoms with Crippen LogP contribution < -0.4 is 10.6 Å². The van der Waals surface area contributed by atoms with Crippen molar-refractivity contribution in [1.82, 2.24) is 10.6 Å². The van der Waals surface area contributed by atoms with E-state index in [1.54, 1.807) is 0 Å². The minimum atomic E-state index is -0.0373. The highest BCUT2D eigenvalue weighted by Crippen LogP contribution is 2.06. The fraction of sp³-hybridized carbons (Fsp3) is 0.667. The van der Waals surface area contributed by atoms with Crippen LogP contribution in [0.4, 0.5) is 0 Å². The Bertz CT molecular complexity index is 200. The van der Waals surface area contributed by atoms with Crippen molar-refractivity contribution >= 4 is 17.5 Å². The Balaban J connectivity index is 2.25. The smallest absolute Gasteiger partial charge is 0.237 e. The Morgan fingerprint density at radius 1 is 1.62 bits per heavy atom. The number of rotatable bonds is 3. The van der Waals surface area contributed by atoms with Gasteiger partial charge < -0.3 is 10.6 Å². The van der Waals surface area contributed by atoms with Gasteiger partial charge in [0.1, 0.15) is 0 Å². The Labute approximate surface area is 83.5 Å². The minimum absolute atomic E-state index is 0.0292. The zero-order chi connectivity index (χ0) is 9.68. The number of carbonyl (C=O) groups is 1. The summed E-state index contributed by atoms with van der Waals surface area (Å²) in [5.74, 6) is 0.0292. The molecule has 3 nitrogen and oxygen atoms in total. The van der Waals surface area contributed by atoms with Gasteiger partial charge >= 0.3 is 0 Å². The number of hydrogen-bond donors (Lipinski definition) is 2. The van der Waals surface area contributed by atoms with Crippen molar-refractivity contribution < 1.29 is 4.79 Å². The second kappa shape index (κ2) is 5.25. The molecule has 2 N–H and O–H groups in total. The molecule has 1 fully saturated rings. The van der Waals surface area contributed by atoms with Gasteiger partial charge in [0.25, 0.3) is 0 Å². The first-order valence-electron chi connectivity index (χ1n) is 4.54. The Hall–Kier alpha value is -0.540. The average molecular weight is 203 g/mol. The van der Waals surface area contributed by atoms with Crippen LogP contribution in [0.15, 0.2) is 11.6 Å². The Kier molecular flexibility index (Phi) is 4.25. The Morgan fingerprint density at radius 2 is 2.38 bits per heavy atom. The lowest BCUT2D eigenvalue weighted by atomic mass is 10.0. The number of hydrogen-bond acceptors (Lipinski definition) is 2. The van der Waals surface area contributed by atoms with Crippen molar-refractivity contribution in [2.75, 3.05) is 13.1 Å². The monoisotopic (exact) mass is 202 g/mol.